The molecule has 3 nitrogen and oxygen atoms in total. The Kier molecular flexibility index (Phi) is 5.06. The van der Waals surface area contributed by atoms with Gasteiger partial charge in [-0.15, -0.1) is 0 Å². The quantitative estimate of drug-likeness (QED) is 0.919. The number of nitrogens with two attached hydrogens (primary N) is 1. The fraction of sp³-hybridized carbons (Fsp3) is 0.533. The zero-order chi connectivity index (χ0) is 14.5. The maximum Gasteiger partial charge on any atom is 0.236 e. The van der Waals surface area contributed by atoms with Gasteiger partial charge in [0.05, 0.1) is 6.54 Å². The largest absolute Gasteiger partial charge is 0.341 e. The van der Waals surface area contributed by atoms with E-state index in [4.69, 9.17) is 5.73 Å². The zero-order valence-corrected chi connectivity index (χ0v) is 11.4. The Morgan fingerprint density at radius 3 is 2.70 bits per heavy atom. The van der Waals surface area contributed by atoms with Crippen LogP contribution in [0.4, 0.5) is 8.78 Å². The minimum Gasteiger partial charge on any atom is -0.341 e. The fourth-order valence-corrected chi connectivity index (χ4v) is 2.78. The molecule has 1 heterocycles. The molecule has 1 aliphatic heterocycles. The van der Waals surface area contributed by atoms with Gasteiger partial charge in [-0.05, 0) is 43.7 Å². The highest BCUT2D eigenvalue weighted by Gasteiger charge is 2.23. The standard InChI is InChI=1S/C15H20F2N2O/c16-13-4-1-5-14(17)12(13)7-6-11-3-2-8-19(10-11)15(20)9-18/h1,4-5,11H,2-3,6-10,18H2/t11-/m1/s1. The average molecular weight is 282 g/mol. The van der Waals surface area contributed by atoms with Crippen LogP contribution in [0.1, 0.15) is 24.8 Å². The first kappa shape index (κ1) is 14.9. The van der Waals surface area contributed by atoms with E-state index in [9.17, 15) is 13.6 Å². The van der Waals surface area contributed by atoms with Crippen molar-refractivity contribution in [2.75, 3.05) is 19.6 Å². The molecule has 110 valence electrons. The Bertz CT molecular complexity index is 459. The summed E-state index contributed by atoms with van der Waals surface area (Å²) in [7, 11) is 0. The Morgan fingerprint density at radius 2 is 2.05 bits per heavy atom. The molecule has 1 atom stereocenters. The molecule has 0 unspecified atom stereocenters. The van der Waals surface area contributed by atoms with Crippen molar-refractivity contribution in [3.63, 3.8) is 0 Å². The van der Waals surface area contributed by atoms with E-state index in [1.807, 2.05) is 0 Å². The molecule has 0 bridgehead atoms. The maximum absolute atomic E-state index is 13.5. The van der Waals surface area contributed by atoms with Crippen LogP contribution < -0.4 is 5.73 Å². The fourth-order valence-electron chi connectivity index (χ4n) is 2.78. The van der Waals surface area contributed by atoms with E-state index in [1.54, 1.807) is 4.90 Å². The van der Waals surface area contributed by atoms with Gasteiger partial charge in [-0.3, -0.25) is 4.79 Å². The second-order valence-electron chi connectivity index (χ2n) is 5.29. The SMILES string of the molecule is NCC(=O)N1CCC[C@H](CCc2c(F)cccc2F)C1. The number of likely N-dealkylation sites (tertiary alicyclic amines) is 1. The zero-order valence-electron chi connectivity index (χ0n) is 11.4. The van der Waals surface area contributed by atoms with Gasteiger partial charge >= 0.3 is 0 Å². The molecule has 0 radical (unpaired) electrons. The molecule has 1 amide bonds. The Hall–Kier alpha value is -1.49. The number of piperidine rings is 1. The summed E-state index contributed by atoms with van der Waals surface area (Å²) in [4.78, 5) is 13.3. The van der Waals surface area contributed by atoms with Crippen LogP contribution in [0.3, 0.4) is 0 Å². The predicted octanol–water partition coefficient (Wildman–Crippen LogP) is 2.09. The van der Waals surface area contributed by atoms with Gasteiger partial charge in [0.25, 0.3) is 0 Å². The van der Waals surface area contributed by atoms with Gasteiger partial charge < -0.3 is 10.6 Å². The van der Waals surface area contributed by atoms with E-state index < -0.39 is 11.6 Å². The highest BCUT2D eigenvalue weighted by Crippen LogP contribution is 2.23. The summed E-state index contributed by atoms with van der Waals surface area (Å²) in [6.07, 6.45) is 2.97. The van der Waals surface area contributed by atoms with Crippen LogP contribution in [0.2, 0.25) is 0 Å². The number of hydrogen-bond donors (Lipinski definition) is 1. The van der Waals surface area contributed by atoms with Gasteiger partial charge in [-0.25, -0.2) is 8.78 Å². The summed E-state index contributed by atoms with van der Waals surface area (Å²) in [5, 5.41) is 0. The Morgan fingerprint density at radius 1 is 1.35 bits per heavy atom. The van der Waals surface area contributed by atoms with Crippen molar-refractivity contribution in [3.8, 4) is 0 Å². The molecule has 0 aromatic heterocycles. The molecule has 0 aliphatic carbocycles. The lowest BCUT2D eigenvalue weighted by Gasteiger charge is -2.32. The normalized spacial score (nSPS) is 19.1. The van der Waals surface area contributed by atoms with Crippen LogP contribution in [-0.2, 0) is 11.2 Å². The van der Waals surface area contributed by atoms with E-state index >= 15 is 0 Å². The van der Waals surface area contributed by atoms with Gasteiger partial charge in [-0.2, -0.15) is 0 Å². The maximum atomic E-state index is 13.5. The monoisotopic (exact) mass is 282 g/mol. The summed E-state index contributed by atoms with van der Waals surface area (Å²) in [6.45, 7) is 1.40. The van der Waals surface area contributed by atoms with Crippen LogP contribution >= 0.6 is 0 Å². The van der Waals surface area contributed by atoms with Crippen molar-refractivity contribution in [1.29, 1.82) is 0 Å². The molecule has 1 fully saturated rings. The summed E-state index contributed by atoms with van der Waals surface area (Å²) >= 11 is 0. The number of rotatable bonds is 4. The van der Waals surface area contributed by atoms with Crippen molar-refractivity contribution in [2.24, 2.45) is 11.7 Å². The Labute approximate surface area is 117 Å². The molecule has 1 saturated heterocycles. The second-order valence-corrected chi connectivity index (χ2v) is 5.29. The van der Waals surface area contributed by atoms with Crippen molar-refractivity contribution >= 4 is 5.91 Å². The molecule has 1 aliphatic rings. The number of carbonyl (C=O) groups excluding carboxylic acids is 1. The first-order valence-electron chi connectivity index (χ1n) is 7.02. The highest BCUT2D eigenvalue weighted by molar-refractivity contribution is 5.78. The van der Waals surface area contributed by atoms with Gasteiger partial charge in [0.15, 0.2) is 0 Å². The van der Waals surface area contributed by atoms with E-state index in [1.165, 1.54) is 18.2 Å². The third kappa shape index (κ3) is 3.54. The summed E-state index contributed by atoms with van der Waals surface area (Å²) < 4.78 is 27.1. The minimum absolute atomic E-state index is 0.0225. The van der Waals surface area contributed by atoms with E-state index in [-0.39, 0.29) is 18.0 Å². The van der Waals surface area contributed by atoms with Crippen LogP contribution in [-0.4, -0.2) is 30.4 Å². The third-order valence-corrected chi connectivity index (χ3v) is 3.91. The molecule has 1 aromatic rings. The smallest absolute Gasteiger partial charge is 0.236 e. The molecule has 5 heteroatoms. The van der Waals surface area contributed by atoms with E-state index in [2.05, 4.69) is 0 Å². The molecule has 2 N–H and O–H groups in total. The first-order chi connectivity index (χ1) is 9.61. The van der Waals surface area contributed by atoms with Crippen LogP contribution in [0.5, 0.6) is 0 Å². The lowest BCUT2D eigenvalue weighted by molar-refractivity contribution is -0.131. The van der Waals surface area contributed by atoms with Crippen molar-refractivity contribution in [2.45, 2.75) is 25.7 Å². The predicted molar refractivity (Wildman–Crippen MR) is 73.0 cm³/mol. The number of nitrogens with zero attached hydrogens (tertiary/aromatic N) is 1. The highest BCUT2D eigenvalue weighted by atomic mass is 19.1. The van der Waals surface area contributed by atoms with Crippen molar-refractivity contribution < 1.29 is 13.6 Å². The summed E-state index contributed by atoms with van der Waals surface area (Å²) in [6, 6.07) is 3.93. The lowest BCUT2D eigenvalue weighted by Crippen LogP contribution is -2.43. The van der Waals surface area contributed by atoms with Crippen LogP contribution in [0, 0.1) is 17.6 Å². The average Bonchev–Trinajstić information content (AvgIpc) is 2.46. The molecule has 0 spiro atoms. The van der Waals surface area contributed by atoms with Gasteiger partial charge in [0, 0.05) is 18.7 Å². The Balaban J connectivity index is 1.92. The molecular formula is C15H20F2N2O. The summed E-state index contributed by atoms with van der Waals surface area (Å²) in [5.41, 5.74) is 5.51. The molecule has 2 rings (SSSR count). The second kappa shape index (κ2) is 6.79. The van der Waals surface area contributed by atoms with Crippen molar-refractivity contribution in [1.82, 2.24) is 4.90 Å². The molecular weight excluding hydrogens is 262 g/mol. The van der Waals surface area contributed by atoms with E-state index in [0.717, 1.165) is 19.4 Å². The van der Waals surface area contributed by atoms with Gasteiger partial charge in [0.2, 0.25) is 5.91 Å². The number of benzene rings is 1. The third-order valence-electron chi connectivity index (χ3n) is 3.91. The summed E-state index contributed by atoms with van der Waals surface area (Å²) in [5.74, 6) is -0.739. The lowest BCUT2D eigenvalue weighted by atomic mass is 9.91. The van der Waals surface area contributed by atoms with Crippen LogP contribution in [0.25, 0.3) is 0 Å². The minimum atomic E-state index is -0.490. The molecule has 1 aromatic carbocycles. The van der Waals surface area contributed by atoms with Crippen LogP contribution in [0.15, 0.2) is 18.2 Å². The van der Waals surface area contributed by atoms with Crippen molar-refractivity contribution in [3.05, 3.63) is 35.4 Å². The number of halogens is 2. The number of carbonyl (C=O) groups is 1. The number of hydrogen-bond acceptors (Lipinski definition) is 2. The van der Waals surface area contributed by atoms with Gasteiger partial charge in [0.1, 0.15) is 11.6 Å². The molecule has 20 heavy (non-hydrogen) atoms. The van der Waals surface area contributed by atoms with E-state index in [0.29, 0.717) is 25.3 Å². The molecule has 0 saturated carbocycles. The van der Waals surface area contributed by atoms with Gasteiger partial charge in [-0.1, -0.05) is 6.07 Å². The topological polar surface area (TPSA) is 46.3 Å². The first-order valence-corrected chi connectivity index (χ1v) is 7.02. The number of amides is 1.